The number of aromatic carboxylic acids is 1. The van der Waals surface area contributed by atoms with Crippen LogP contribution in [0.4, 0.5) is 0 Å². The molecule has 5 heteroatoms. The molecule has 1 aromatic heterocycles. The fourth-order valence-corrected chi connectivity index (χ4v) is 2.51. The van der Waals surface area contributed by atoms with Crippen LogP contribution in [0.5, 0.6) is 0 Å². The summed E-state index contributed by atoms with van der Waals surface area (Å²) >= 11 is 0. The van der Waals surface area contributed by atoms with E-state index in [-0.39, 0.29) is 11.0 Å². The Morgan fingerprint density at radius 3 is 2.52 bits per heavy atom. The summed E-state index contributed by atoms with van der Waals surface area (Å²) in [6.45, 7) is 8.22. The van der Waals surface area contributed by atoms with Gasteiger partial charge in [0.1, 0.15) is 0 Å². The number of H-pyrrole nitrogens is 1. The number of para-hydroxylation sites is 1. The second-order valence-electron chi connectivity index (χ2n) is 5.05. The number of carboxylic acids is 1. The van der Waals surface area contributed by atoms with Crippen molar-refractivity contribution in [2.24, 2.45) is 0 Å². The van der Waals surface area contributed by atoms with Crippen molar-refractivity contribution >= 4 is 16.9 Å². The van der Waals surface area contributed by atoms with Gasteiger partial charge in [0.2, 0.25) is 0 Å². The highest BCUT2D eigenvalue weighted by molar-refractivity contribution is 6.01. The molecule has 0 radical (unpaired) electrons. The molecule has 0 atom stereocenters. The molecule has 1 heterocycles. The number of benzene rings is 1. The van der Waals surface area contributed by atoms with Gasteiger partial charge >= 0.3 is 5.97 Å². The molecule has 0 fully saturated rings. The molecule has 0 saturated heterocycles. The van der Waals surface area contributed by atoms with Gasteiger partial charge in [0, 0.05) is 23.2 Å². The van der Waals surface area contributed by atoms with Gasteiger partial charge in [-0.25, -0.2) is 4.79 Å². The third-order valence-corrected chi connectivity index (χ3v) is 3.85. The van der Waals surface area contributed by atoms with Crippen LogP contribution in [0.1, 0.15) is 35.5 Å². The minimum absolute atomic E-state index is 0.0868. The second-order valence-corrected chi connectivity index (χ2v) is 5.05. The van der Waals surface area contributed by atoms with Crippen LogP contribution in [-0.2, 0) is 6.54 Å². The predicted molar refractivity (Wildman–Crippen MR) is 82.9 cm³/mol. The van der Waals surface area contributed by atoms with Crippen molar-refractivity contribution in [3.05, 3.63) is 45.2 Å². The van der Waals surface area contributed by atoms with E-state index in [2.05, 4.69) is 23.7 Å². The van der Waals surface area contributed by atoms with Gasteiger partial charge in [-0.05, 0) is 32.1 Å². The Hall–Kier alpha value is -2.14. The van der Waals surface area contributed by atoms with E-state index in [0.717, 1.165) is 18.8 Å². The fraction of sp³-hybridized carbons (Fsp3) is 0.375. The predicted octanol–water partition coefficient (Wildman–Crippen LogP) is 2.38. The lowest BCUT2D eigenvalue weighted by Crippen LogP contribution is -2.27. The summed E-state index contributed by atoms with van der Waals surface area (Å²) < 4.78 is 0. The van der Waals surface area contributed by atoms with Crippen LogP contribution >= 0.6 is 0 Å². The second kappa shape index (κ2) is 6.10. The van der Waals surface area contributed by atoms with Gasteiger partial charge in [0.05, 0.1) is 11.1 Å². The number of nitrogens with zero attached hydrogens (tertiary/aromatic N) is 1. The molecule has 0 saturated carbocycles. The minimum Gasteiger partial charge on any atom is -0.478 e. The van der Waals surface area contributed by atoms with Gasteiger partial charge < -0.3 is 10.1 Å². The number of hydrogen-bond acceptors (Lipinski definition) is 3. The van der Waals surface area contributed by atoms with Gasteiger partial charge in [-0.1, -0.05) is 19.9 Å². The van der Waals surface area contributed by atoms with E-state index in [9.17, 15) is 14.7 Å². The topological polar surface area (TPSA) is 73.4 Å². The highest BCUT2D eigenvalue weighted by atomic mass is 16.4. The van der Waals surface area contributed by atoms with Crippen molar-refractivity contribution in [3.63, 3.8) is 0 Å². The Morgan fingerprint density at radius 1 is 1.29 bits per heavy atom. The molecule has 1 aromatic carbocycles. The Labute approximate surface area is 123 Å². The number of nitrogens with one attached hydrogen (secondary N) is 1. The fourth-order valence-electron chi connectivity index (χ4n) is 2.51. The maximum atomic E-state index is 12.7. The Morgan fingerprint density at radius 2 is 1.95 bits per heavy atom. The maximum Gasteiger partial charge on any atom is 0.337 e. The van der Waals surface area contributed by atoms with Crippen molar-refractivity contribution < 1.29 is 9.90 Å². The third-order valence-electron chi connectivity index (χ3n) is 3.85. The van der Waals surface area contributed by atoms with Crippen LogP contribution < -0.4 is 5.43 Å². The lowest BCUT2D eigenvalue weighted by Gasteiger charge is -2.19. The summed E-state index contributed by atoms with van der Waals surface area (Å²) in [5.74, 6) is -1.04. The van der Waals surface area contributed by atoms with Gasteiger partial charge in [-0.2, -0.15) is 0 Å². The molecule has 0 unspecified atom stereocenters. The number of aromatic amines is 1. The number of pyridine rings is 1. The first-order chi connectivity index (χ1) is 9.99. The standard InChI is InChI=1S/C16H20N2O3/c1-4-18(5-2)9-13-10(3)17-14-11(15(13)19)7-6-8-12(14)16(20)21/h6-8H,4-5,9H2,1-3H3,(H,17,19)(H,20,21). The average molecular weight is 288 g/mol. The normalized spacial score (nSPS) is 11.2. The lowest BCUT2D eigenvalue weighted by atomic mass is 10.0. The van der Waals surface area contributed by atoms with Gasteiger partial charge in [-0.3, -0.25) is 9.69 Å². The molecule has 2 aromatic rings. The van der Waals surface area contributed by atoms with E-state index in [1.807, 2.05) is 6.92 Å². The number of hydrogen-bond donors (Lipinski definition) is 2. The Kier molecular flexibility index (Phi) is 4.43. The van der Waals surface area contributed by atoms with E-state index in [0.29, 0.717) is 23.0 Å². The summed E-state index contributed by atoms with van der Waals surface area (Å²) in [7, 11) is 0. The molecule has 2 N–H and O–H groups in total. The van der Waals surface area contributed by atoms with Gasteiger partial charge in [0.25, 0.3) is 0 Å². The summed E-state index contributed by atoms with van der Waals surface area (Å²) in [6, 6.07) is 4.79. The number of rotatable bonds is 5. The number of aromatic nitrogens is 1. The van der Waals surface area contributed by atoms with Crippen LogP contribution in [-0.4, -0.2) is 34.0 Å². The smallest absolute Gasteiger partial charge is 0.337 e. The monoisotopic (exact) mass is 288 g/mol. The highest BCUT2D eigenvalue weighted by Gasteiger charge is 2.16. The first kappa shape index (κ1) is 15.3. The molecule has 0 aliphatic carbocycles. The Bertz CT molecular complexity index is 730. The molecule has 21 heavy (non-hydrogen) atoms. The van der Waals surface area contributed by atoms with Crippen molar-refractivity contribution in [2.45, 2.75) is 27.3 Å². The first-order valence-electron chi connectivity index (χ1n) is 7.09. The number of fused-ring (bicyclic) bond motifs is 1. The molecule has 112 valence electrons. The van der Waals surface area contributed by atoms with Gasteiger partial charge in [0.15, 0.2) is 5.43 Å². The largest absolute Gasteiger partial charge is 0.478 e. The van der Waals surface area contributed by atoms with Crippen molar-refractivity contribution in [1.82, 2.24) is 9.88 Å². The molecule has 0 aliphatic rings. The van der Waals surface area contributed by atoms with Crippen LogP contribution in [0, 0.1) is 6.92 Å². The van der Waals surface area contributed by atoms with Crippen molar-refractivity contribution in [3.8, 4) is 0 Å². The molecule has 2 rings (SSSR count). The third kappa shape index (κ3) is 2.83. The average Bonchev–Trinajstić information content (AvgIpc) is 2.46. The molecule has 0 amide bonds. The molecular formula is C16H20N2O3. The summed E-state index contributed by atoms with van der Waals surface area (Å²) in [6.07, 6.45) is 0. The highest BCUT2D eigenvalue weighted by Crippen LogP contribution is 2.17. The zero-order chi connectivity index (χ0) is 15.6. The SMILES string of the molecule is CCN(CC)Cc1c(C)[nH]c2c(C(=O)O)cccc2c1=O. The first-order valence-corrected chi connectivity index (χ1v) is 7.09. The van der Waals surface area contributed by atoms with E-state index in [4.69, 9.17) is 0 Å². The lowest BCUT2D eigenvalue weighted by molar-refractivity contribution is 0.0699. The zero-order valence-corrected chi connectivity index (χ0v) is 12.6. The molecule has 5 nitrogen and oxygen atoms in total. The zero-order valence-electron chi connectivity index (χ0n) is 12.6. The maximum absolute atomic E-state index is 12.7. The molecule has 0 aliphatic heterocycles. The number of carboxylic acid groups (broad SMARTS) is 1. The number of aryl methyl sites for hydroxylation is 1. The minimum atomic E-state index is -1.04. The molecular weight excluding hydrogens is 268 g/mol. The van der Waals surface area contributed by atoms with Crippen molar-refractivity contribution in [2.75, 3.05) is 13.1 Å². The van der Waals surface area contributed by atoms with Crippen LogP contribution in [0.15, 0.2) is 23.0 Å². The van der Waals surface area contributed by atoms with Crippen LogP contribution in [0.3, 0.4) is 0 Å². The number of carbonyl (C=O) groups is 1. The van der Waals surface area contributed by atoms with E-state index < -0.39 is 5.97 Å². The summed E-state index contributed by atoms with van der Waals surface area (Å²) in [5, 5.41) is 9.66. The van der Waals surface area contributed by atoms with E-state index >= 15 is 0 Å². The van der Waals surface area contributed by atoms with Crippen LogP contribution in [0.2, 0.25) is 0 Å². The Balaban J connectivity index is 2.66. The van der Waals surface area contributed by atoms with Gasteiger partial charge in [-0.15, -0.1) is 0 Å². The molecule has 0 bridgehead atoms. The summed E-state index contributed by atoms with van der Waals surface area (Å²) in [4.78, 5) is 29.2. The van der Waals surface area contributed by atoms with Crippen molar-refractivity contribution in [1.29, 1.82) is 0 Å². The van der Waals surface area contributed by atoms with E-state index in [1.165, 1.54) is 6.07 Å². The van der Waals surface area contributed by atoms with E-state index in [1.54, 1.807) is 12.1 Å². The van der Waals surface area contributed by atoms with Crippen LogP contribution in [0.25, 0.3) is 10.9 Å². The summed E-state index contributed by atoms with van der Waals surface area (Å²) in [5.41, 5.74) is 1.87. The molecule has 0 spiro atoms. The quantitative estimate of drug-likeness (QED) is 0.886.